The second-order valence-electron chi connectivity index (χ2n) is 6.09. The number of hydrogen-bond donors (Lipinski definition) is 2. The van der Waals surface area contributed by atoms with E-state index in [-0.39, 0.29) is 11.6 Å². The molecule has 4 rings (SSSR count). The van der Waals surface area contributed by atoms with E-state index in [0.717, 1.165) is 22.2 Å². The minimum atomic E-state index is -0.317. The van der Waals surface area contributed by atoms with Gasteiger partial charge >= 0.3 is 0 Å². The number of aryl methyl sites for hydroxylation is 1. The second kappa shape index (κ2) is 7.21. The number of rotatable bonds is 4. The van der Waals surface area contributed by atoms with E-state index in [9.17, 15) is 4.79 Å². The number of aromatic nitrogens is 3. The number of pyridine rings is 1. The summed E-state index contributed by atoms with van der Waals surface area (Å²) < 4.78 is 0. The van der Waals surface area contributed by atoms with Crippen LogP contribution < -0.4 is 10.6 Å². The molecule has 0 spiro atoms. The third-order valence-corrected chi connectivity index (χ3v) is 4.04. The Labute approximate surface area is 156 Å². The number of hydrogen-bond acceptors (Lipinski definition) is 5. The van der Waals surface area contributed by atoms with Gasteiger partial charge in [0.1, 0.15) is 5.69 Å². The van der Waals surface area contributed by atoms with Gasteiger partial charge in [-0.3, -0.25) is 9.78 Å². The van der Waals surface area contributed by atoms with Crippen LogP contribution in [0.2, 0.25) is 0 Å². The van der Waals surface area contributed by atoms with E-state index in [1.807, 2.05) is 61.5 Å². The number of para-hydroxylation sites is 1. The molecule has 0 aliphatic rings. The molecule has 6 nitrogen and oxygen atoms in total. The van der Waals surface area contributed by atoms with Gasteiger partial charge in [-0.05, 0) is 42.8 Å². The Morgan fingerprint density at radius 2 is 1.78 bits per heavy atom. The lowest BCUT2D eigenvalue weighted by Gasteiger charge is -2.09. The van der Waals surface area contributed by atoms with Crippen molar-refractivity contribution in [3.8, 4) is 0 Å². The minimum absolute atomic E-state index is 0.271. The molecule has 0 saturated heterocycles. The molecule has 2 aromatic heterocycles. The fraction of sp³-hybridized carbons (Fsp3) is 0.0476. The molecule has 6 heteroatoms. The summed E-state index contributed by atoms with van der Waals surface area (Å²) in [6.45, 7) is 2.01. The normalized spacial score (nSPS) is 10.6. The highest BCUT2D eigenvalue weighted by molar-refractivity contribution is 6.07. The van der Waals surface area contributed by atoms with Crippen LogP contribution >= 0.6 is 0 Å². The number of carbonyl (C=O) groups is 1. The van der Waals surface area contributed by atoms with Crippen molar-refractivity contribution in [3.05, 3.63) is 84.3 Å². The van der Waals surface area contributed by atoms with Crippen LogP contribution in [0, 0.1) is 6.92 Å². The maximum absolute atomic E-state index is 12.7. The van der Waals surface area contributed by atoms with Crippen LogP contribution in [-0.4, -0.2) is 20.9 Å². The summed E-state index contributed by atoms with van der Waals surface area (Å²) in [5, 5.41) is 6.96. The van der Waals surface area contributed by atoms with Crippen molar-refractivity contribution in [1.82, 2.24) is 15.0 Å². The van der Waals surface area contributed by atoms with Crippen molar-refractivity contribution in [3.63, 3.8) is 0 Å². The van der Waals surface area contributed by atoms with Gasteiger partial charge < -0.3 is 10.6 Å². The second-order valence-corrected chi connectivity index (χ2v) is 6.09. The van der Waals surface area contributed by atoms with Gasteiger partial charge in [0.2, 0.25) is 5.95 Å². The highest BCUT2D eigenvalue weighted by Crippen LogP contribution is 2.21. The molecule has 27 heavy (non-hydrogen) atoms. The Balaban J connectivity index is 1.57. The number of nitrogens with one attached hydrogen (secondary N) is 2. The van der Waals surface area contributed by atoms with Crippen LogP contribution in [0.5, 0.6) is 0 Å². The van der Waals surface area contributed by atoms with E-state index in [0.29, 0.717) is 11.6 Å². The fourth-order valence-corrected chi connectivity index (χ4v) is 2.79. The molecular formula is C21H17N5O. The minimum Gasteiger partial charge on any atom is -0.324 e. The molecule has 0 aliphatic carbocycles. The first-order valence-corrected chi connectivity index (χ1v) is 8.51. The average Bonchev–Trinajstić information content (AvgIpc) is 2.68. The van der Waals surface area contributed by atoms with Gasteiger partial charge in [0.15, 0.2) is 0 Å². The van der Waals surface area contributed by atoms with Crippen LogP contribution in [0.4, 0.5) is 17.3 Å². The Morgan fingerprint density at radius 1 is 0.926 bits per heavy atom. The Kier molecular flexibility index (Phi) is 4.45. The first kappa shape index (κ1) is 16.7. The lowest BCUT2D eigenvalue weighted by molar-refractivity contribution is 0.102. The van der Waals surface area contributed by atoms with Gasteiger partial charge in [-0.2, -0.15) is 0 Å². The SMILES string of the molecule is Cc1cccc(Nc2nccc(C(=O)Nc3cccc4cccnc34)n2)c1. The molecule has 0 saturated carbocycles. The average molecular weight is 355 g/mol. The topological polar surface area (TPSA) is 79.8 Å². The van der Waals surface area contributed by atoms with Crippen LogP contribution in [-0.2, 0) is 0 Å². The van der Waals surface area contributed by atoms with Gasteiger partial charge in [0.05, 0.1) is 11.2 Å². The van der Waals surface area contributed by atoms with Crippen molar-refractivity contribution in [1.29, 1.82) is 0 Å². The van der Waals surface area contributed by atoms with Crippen molar-refractivity contribution in [2.24, 2.45) is 0 Å². The summed E-state index contributed by atoms with van der Waals surface area (Å²) in [6, 6.07) is 18.9. The largest absolute Gasteiger partial charge is 0.324 e. The molecule has 2 aromatic carbocycles. The van der Waals surface area contributed by atoms with Gasteiger partial charge in [-0.15, -0.1) is 0 Å². The molecule has 132 valence electrons. The number of benzene rings is 2. The number of amides is 1. The number of fused-ring (bicyclic) bond motifs is 1. The van der Waals surface area contributed by atoms with Gasteiger partial charge in [-0.25, -0.2) is 9.97 Å². The summed E-state index contributed by atoms with van der Waals surface area (Å²) in [4.78, 5) is 25.5. The highest BCUT2D eigenvalue weighted by Gasteiger charge is 2.11. The van der Waals surface area contributed by atoms with Crippen molar-refractivity contribution < 1.29 is 4.79 Å². The number of carbonyl (C=O) groups excluding carboxylic acids is 1. The quantitative estimate of drug-likeness (QED) is 0.569. The lowest BCUT2D eigenvalue weighted by atomic mass is 10.2. The van der Waals surface area contributed by atoms with Crippen LogP contribution in [0.3, 0.4) is 0 Å². The molecule has 0 bridgehead atoms. The molecule has 0 unspecified atom stereocenters. The third-order valence-electron chi connectivity index (χ3n) is 4.04. The number of nitrogens with zero attached hydrogens (tertiary/aromatic N) is 3. The van der Waals surface area contributed by atoms with Crippen molar-refractivity contribution in [2.75, 3.05) is 10.6 Å². The van der Waals surface area contributed by atoms with Crippen LogP contribution in [0.15, 0.2) is 73.1 Å². The van der Waals surface area contributed by atoms with Gasteiger partial charge in [-0.1, -0.05) is 30.3 Å². The standard InChI is InChI=1S/C21H17N5O/c1-14-5-2-8-16(13-14)24-21-23-12-10-18(26-21)20(27)25-17-9-3-6-15-7-4-11-22-19(15)17/h2-13H,1H3,(H,25,27)(H,23,24,26). The molecule has 4 aromatic rings. The lowest BCUT2D eigenvalue weighted by Crippen LogP contribution is -2.15. The van der Waals surface area contributed by atoms with E-state index in [1.54, 1.807) is 18.5 Å². The highest BCUT2D eigenvalue weighted by atomic mass is 16.1. The molecule has 2 N–H and O–H groups in total. The van der Waals surface area contributed by atoms with E-state index >= 15 is 0 Å². The fourth-order valence-electron chi connectivity index (χ4n) is 2.79. The summed E-state index contributed by atoms with van der Waals surface area (Å²) in [6.07, 6.45) is 3.26. The van der Waals surface area contributed by atoms with Crippen LogP contribution in [0.25, 0.3) is 10.9 Å². The molecule has 1 amide bonds. The third kappa shape index (κ3) is 3.74. The summed E-state index contributed by atoms with van der Waals surface area (Å²) in [5.74, 6) is 0.0483. The summed E-state index contributed by atoms with van der Waals surface area (Å²) >= 11 is 0. The predicted molar refractivity (Wildman–Crippen MR) is 106 cm³/mol. The first-order chi connectivity index (χ1) is 13.2. The maximum Gasteiger partial charge on any atom is 0.274 e. The van der Waals surface area contributed by atoms with E-state index in [4.69, 9.17) is 0 Å². The monoisotopic (exact) mass is 355 g/mol. The van der Waals surface area contributed by atoms with Crippen molar-refractivity contribution in [2.45, 2.75) is 6.92 Å². The van der Waals surface area contributed by atoms with E-state index in [2.05, 4.69) is 25.6 Å². The smallest absolute Gasteiger partial charge is 0.274 e. The zero-order valence-corrected chi connectivity index (χ0v) is 14.7. The number of anilines is 3. The van der Waals surface area contributed by atoms with Gasteiger partial charge in [0.25, 0.3) is 5.91 Å². The summed E-state index contributed by atoms with van der Waals surface area (Å²) in [7, 11) is 0. The zero-order valence-electron chi connectivity index (χ0n) is 14.7. The Bertz CT molecular complexity index is 1120. The summed E-state index contributed by atoms with van der Waals surface area (Å²) in [5.41, 5.74) is 3.64. The first-order valence-electron chi connectivity index (χ1n) is 8.51. The molecular weight excluding hydrogens is 338 g/mol. The van der Waals surface area contributed by atoms with E-state index < -0.39 is 0 Å². The predicted octanol–water partition coefficient (Wildman–Crippen LogP) is 4.33. The van der Waals surface area contributed by atoms with E-state index in [1.165, 1.54) is 0 Å². The zero-order chi connectivity index (χ0) is 18.6. The van der Waals surface area contributed by atoms with Gasteiger partial charge in [0, 0.05) is 23.5 Å². The molecule has 2 heterocycles. The van der Waals surface area contributed by atoms with Crippen LogP contribution in [0.1, 0.15) is 16.1 Å². The Hall–Kier alpha value is -3.80. The maximum atomic E-state index is 12.7. The molecule has 0 radical (unpaired) electrons. The molecule has 0 aliphatic heterocycles. The van der Waals surface area contributed by atoms with Crippen molar-refractivity contribution >= 4 is 34.1 Å². The Morgan fingerprint density at radius 3 is 2.67 bits per heavy atom. The molecule has 0 atom stereocenters. The molecule has 0 fully saturated rings.